The number of hydrogen-bond donors (Lipinski definition) is 0. The average molecular weight is 1520 g/mol. The lowest BCUT2D eigenvalue weighted by molar-refractivity contribution is 0.588. The van der Waals surface area contributed by atoms with Crippen LogP contribution in [0.5, 0.6) is 0 Å². The second kappa shape index (κ2) is 26.8. The molecular formula is C114H77N3O2. The third-order valence-electron chi connectivity index (χ3n) is 25.5. The van der Waals surface area contributed by atoms with Gasteiger partial charge in [0.25, 0.3) is 0 Å². The summed E-state index contributed by atoms with van der Waals surface area (Å²) in [5.74, 6) is 0. The molecule has 0 saturated carbocycles. The largest absolute Gasteiger partial charge is 0.455 e. The minimum Gasteiger partial charge on any atom is -0.455 e. The third kappa shape index (κ3) is 10.9. The average Bonchev–Trinajstić information content (AvgIpc) is 1.55. The molecule has 119 heavy (non-hydrogen) atoms. The van der Waals surface area contributed by atoms with Crippen LogP contribution in [0.25, 0.3) is 192 Å². The highest BCUT2D eigenvalue weighted by molar-refractivity contribution is 6.39. The highest BCUT2D eigenvalue weighted by Crippen LogP contribution is 2.56. The normalized spacial score (nSPS) is 14.2. The molecule has 0 bridgehead atoms. The zero-order valence-corrected chi connectivity index (χ0v) is 66.0. The van der Waals surface area contributed by atoms with Gasteiger partial charge in [-0.05, 0) is 215 Å². The summed E-state index contributed by atoms with van der Waals surface area (Å²) in [6.07, 6.45) is 18.2. The molecule has 5 heteroatoms. The minimum atomic E-state index is -0.146. The predicted octanol–water partition coefficient (Wildman–Crippen LogP) is 29.4. The predicted molar refractivity (Wildman–Crippen MR) is 504 cm³/mol. The quantitative estimate of drug-likeness (QED) is 0.121. The highest BCUT2D eigenvalue weighted by atomic mass is 16.3. The number of fused-ring (bicyclic) bond motifs is 9. The summed E-state index contributed by atoms with van der Waals surface area (Å²) in [6, 6.07) is 129. The van der Waals surface area contributed by atoms with Crippen molar-refractivity contribution in [1.29, 1.82) is 0 Å². The Morgan fingerprint density at radius 2 is 0.950 bits per heavy atom. The number of hydrogen-bond acceptors (Lipinski definition) is 5. The monoisotopic (exact) mass is 1520 g/mol. The number of benzene rings is 18. The maximum absolute atomic E-state index is 8.21. The van der Waals surface area contributed by atoms with Crippen LogP contribution in [0.15, 0.2) is 397 Å². The first-order chi connectivity index (χ1) is 58.6. The van der Waals surface area contributed by atoms with Gasteiger partial charge in [0.2, 0.25) is 0 Å². The van der Waals surface area contributed by atoms with Crippen LogP contribution in [-0.2, 0) is 5.41 Å². The molecule has 1 atom stereocenters. The van der Waals surface area contributed by atoms with E-state index < -0.39 is 0 Å². The first kappa shape index (κ1) is 68.4. The van der Waals surface area contributed by atoms with Crippen molar-refractivity contribution in [3.05, 3.63) is 410 Å². The fourth-order valence-corrected chi connectivity index (χ4v) is 20.0. The van der Waals surface area contributed by atoms with Crippen LogP contribution in [0.2, 0.25) is 0 Å². The summed E-state index contributed by atoms with van der Waals surface area (Å²) in [7, 11) is 0. The van der Waals surface area contributed by atoms with Crippen molar-refractivity contribution in [3.8, 4) is 55.6 Å². The molecule has 19 aromatic carbocycles. The number of allylic oxidation sites excluding steroid dienone is 4. The molecule has 4 heterocycles. The van der Waals surface area contributed by atoms with E-state index in [-0.39, 0.29) is 11.5 Å². The zero-order chi connectivity index (χ0) is 78.7. The maximum Gasteiger partial charge on any atom is 0.160 e. The van der Waals surface area contributed by atoms with Crippen LogP contribution in [0.4, 0.5) is 28.4 Å². The first-order valence-corrected chi connectivity index (χ1v) is 41.4. The Balaban J connectivity index is 0.819. The highest BCUT2D eigenvalue weighted by Gasteiger charge is 2.33. The molecule has 2 aliphatic heterocycles. The maximum atomic E-state index is 8.21. The lowest BCUT2D eigenvalue weighted by Crippen LogP contribution is -2.44. The molecule has 560 valence electrons. The Bertz CT molecular complexity index is 8150. The topological polar surface area (TPSA) is 36.0 Å². The van der Waals surface area contributed by atoms with Crippen LogP contribution < -0.4 is 25.1 Å². The van der Waals surface area contributed by atoms with Gasteiger partial charge in [0.15, 0.2) is 5.58 Å². The third-order valence-corrected chi connectivity index (χ3v) is 25.5. The number of nitrogens with zero attached hydrogens (tertiary/aromatic N) is 3. The summed E-state index contributed by atoms with van der Waals surface area (Å²) in [5, 5.41) is 22.4. The second-order valence-electron chi connectivity index (χ2n) is 33.3. The van der Waals surface area contributed by atoms with Gasteiger partial charge < -0.3 is 23.5 Å². The SMILES string of the molecule is CC(C)(C)c1ccccc1C1=CC=CCN1c1cc2oc3c(N(c4ccc5ccccc5c4)c4c5ccccc5cc5c(-c6ccccc6)cccc45)ccc4c5cc(N6C=c7cc(-c8ccccc8)ccc7=C7C=CC=CC76)cc6oc7c(-c8cccc(-c9ccccc9-c9cccc%10cc%11ccccc%11cc9%10)c8)ccc(c(c1)c2c34)c7c65. The van der Waals surface area contributed by atoms with Gasteiger partial charge in [0.1, 0.15) is 16.7 Å². The van der Waals surface area contributed by atoms with Gasteiger partial charge >= 0.3 is 0 Å². The molecule has 24 rings (SSSR count). The van der Waals surface area contributed by atoms with Gasteiger partial charge in [-0.1, -0.05) is 324 Å². The van der Waals surface area contributed by atoms with Crippen LogP contribution in [0, 0.1) is 0 Å². The molecule has 21 aromatic rings. The molecule has 1 aliphatic carbocycles. The van der Waals surface area contributed by atoms with Gasteiger partial charge in [-0.3, -0.25) is 0 Å². The molecule has 1 unspecified atom stereocenters. The summed E-state index contributed by atoms with van der Waals surface area (Å²) in [4.78, 5) is 7.51. The van der Waals surface area contributed by atoms with Gasteiger partial charge in [-0.15, -0.1) is 0 Å². The number of furan rings is 2. The smallest absolute Gasteiger partial charge is 0.160 e. The van der Waals surface area contributed by atoms with Crippen molar-refractivity contribution < 1.29 is 8.83 Å². The lowest BCUT2D eigenvalue weighted by atomic mass is 9.82. The van der Waals surface area contributed by atoms with E-state index in [4.69, 9.17) is 8.83 Å². The fraction of sp³-hybridized carbons (Fsp3) is 0.0526. The van der Waals surface area contributed by atoms with Crippen molar-refractivity contribution >= 4 is 165 Å². The molecule has 0 amide bonds. The van der Waals surface area contributed by atoms with Gasteiger partial charge in [0.05, 0.1) is 17.4 Å². The molecule has 0 saturated heterocycles. The Kier molecular flexibility index (Phi) is 15.4. The van der Waals surface area contributed by atoms with Crippen molar-refractivity contribution in [2.45, 2.75) is 32.2 Å². The summed E-state index contributed by atoms with van der Waals surface area (Å²) < 4.78 is 16.2. The molecule has 5 nitrogen and oxygen atoms in total. The van der Waals surface area contributed by atoms with Crippen LogP contribution in [0.1, 0.15) is 31.9 Å². The Morgan fingerprint density at radius 1 is 0.353 bits per heavy atom. The first-order valence-electron chi connectivity index (χ1n) is 41.4. The van der Waals surface area contributed by atoms with E-state index >= 15 is 0 Å². The van der Waals surface area contributed by atoms with E-state index in [0.29, 0.717) is 6.54 Å². The number of rotatable bonds is 11. The summed E-state index contributed by atoms with van der Waals surface area (Å²) in [6.45, 7) is 7.61. The summed E-state index contributed by atoms with van der Waals surface area (Å²) >= 11 is 0. The lowest BCUT2D eigenvalue weighted by Gasteiger charge is -2.34. The van der Waals surface area contributed by atoms with Crippen molar-refractivity contribution in [1.82, 2.24) is 0 Å². The van der Waals surface area contributed by atoms with Crippen LogP contribution in [-0.4, -0.2) is 12.6 Å². The van der Waals surface area contributed by atoms with Gasteiger partial charge in [0, 0.05) is 91.1 Å². The Hall–Kier alpha value is -15.0. The standard InChI is InChI=1S/C114H77N3O2/c1-114(2,3)101-47-20-18-43-96(101)103-49-22-23-58-115(103)83-65-99-93-55-54-89(78-37-24-36-77(61-78)86-39-16-17-41-90(86)91-45-25-38-79-59-73-32-12-13-34-75(73)63-97(79)91)112-109(93)107-100(66-84(68-105(107)118-112)116-69-81-60-76(70-27-6-4-7-28-70)51-53-87(81)92-42-19-21-48-102(92)116)94-56-57-104(113-110(94)108(99)106(67-83)119-113)117(82-52-50-71-29-10-11-33-74(71)62-82)111-88-40-15-14-35-80(88)64-98-85(44-26-46-95(98)111)72-30-8-5-9-31-72/h4-57,59-69,102H,58H2,1-3H3. The zero-order valence-electron chi connectivity index (χ0n) is 66.0. The minimum absolute atomic E-state index is 0.128. The molecule has 0 N–H and O–H groups in total. The molecule has 0 radical (unpaired) electrons. The van der Waals surface area contributed by atoms with E-state index in [0.717, 1.165) is 165 Å². The van der Waals surface area contributed by atoms with Gasteiger partial charge in [-0.2, -0.15) is 0 Å². The second-order valence-corrected chi connectivity index (χ2v) is 33.3. The van der Waals surface area contributed by atoms with E-state index in [1.165, 1.54) is 71.3 Å². The molecular weight excluding hydrogens is 1440 g/mol. The molecule has 0 fully saturated rings. The van der Waals surface area contributed by atoms with E-state index in [1.807, 2.05) is 0 Å². The Morgan fingerprint density at radius 3 is 1.76 bits per heavy atom. The van der Waals surface area contributed by atoms with Crippen molar-refractivity contribution in [2.75, 3.05) is 21.2 Å². The van der Waals surface area contributed by atoms with Gasteiger partial charge in [-0.25, -0.2) is 0 Å². The van der Waals surface area contributed by atoms with Crippen molar-refractivity contribution in [2.24, 2.45) is 0 Å². The van der Waals surface area contributed by atoms with E-state index in [1.54, 1.807) is 0 Å². The van der Waals surface area contributed by atoms with Crippen molar-refractivity contribution in [3.63, 3.8) is 0 Å². The van der Waals surface area contributed by atoms with E-state index in [9.17, 15) is 0 Å². The van der Waals surface area contributed by atoms with Crippen LogP contribution in [0.3, 0.4) is 0 Å². The van der Waals surface area contributed by atoms with E-state index in [2.05, 4.69) is 430 Å². The molecule has 3 aliphatic rings. The van der Waals surface area contributed by atoms with Crippen LogP contribution >= 0.6 is 0 Å². The fourth-order valence-electron chi connectivity index (χ4n) is 20.0. The molecule has 2 aromatic heterocycles. The Labute approximate surface area is 688 Å². The number of anilines is 5. The summed E-state index contributed by atoms with van der Waals surface area (Å²) in [5.41, 5.74) is 24.2. The molecule has 0 spiro atoms.